The van der Waals surface area contributed by atoms with E-state index in [1.165, 1.54) is 5.56 Å². The van der Waals surface area contributed by atoms with Crippen molar-refractivity contribution in [3.05, 3.63) is 83.9 Å². The van der Waals surface area contributed by atoms with E-state index in [9.17, 15) is 4.79 Å². The Morgan fingerprint density at radius 2 is 1.74 bits per heavy atom. The Balaban J connectivity index is 1.10. The number of para-hydroxylation sites is 1. The first-order chi connectivity index (χ1) is 21.1. The summed E-state index contributed by atoms with van der Waals surface area (Å²) in [6.45, 7) is 3.40. The maximum Gasteiger partial charge on any atom is 0.265 e. The van der Waals surface area contributed by atoms with Crippen molar-refractivity contribution in [3.8, 4) is 17.2 Å². The van der Waals surface area contributed by atoms with E-state index in [1.54, 1.807) is 19.1 Å². The molecule has 0 radical (unpaired) electrons. The molecule has 0 spiro atoms. The summed E-state index contributed by atoms with van der Waals surface area (Å²) in [4.78, 5) is 14.3. The number of ether oxygens (including phenoxy) is 6. The highest BCUT2D eigenvalue weighted by Gasteiger charge is 2.27. The second kappa shape index (κ2) is 15.7. The Morgan fingerprint density at radius 3 is 2.49 bits per heavy atom. The number of nitrogens with one attached hydrogen (secondary N) is 1. The maximum absolute atomic E-state index is 12.5. The number of anilines is 1. The lowest BCUT2D eigenvalue weighted by Crippen LogP contribution is -2.40. The molecule has 1 N–H and O–H groups in total. The van der Waals surface area contributed by atoms with Crippen molar-refractivity contribution in [3.63, 3.8) is 0 Å². The minimum absolute atomic E-state index is 0.0366. The van der Waals surface area contributed by atoms with Crippen LogP contribution in [-0.4, -0.2) is 72.0 Å². The summed E-state index contributed by atoms with van der Waals surface area (Å²) in [6.07, 6.45) is 2.44. The van der Waals surface area contributed by atoms with Gasteiger partial charge in [-0.3, -0.25) is 10.1 Å². The summed E-state index contributed by atoms with van der Waals surface area (Å²) in [5, 5.41) is 3.50. The highest BCUT2D eigenvalue weighted by molar-refractivity contribution is 5.97. The number of carbonyl (C=O) groups excluding carboxylic acids is 1. The number of rotatable bonds is 15. The van der Waals surface area contributed by atoms with Crippen molar-refractivity contribution in [2.75, 3.05) is 58.6 Å². The summed E-state index contributed by atoms with van der Waals surface area (Å²) < 4.78 is 34.5. The molecule has 0 aliphatic carbocycles. The smallest absolute Gasteiger partial charge is 0.265 e. The average Bonchev–Trinajstić information content (AvgIpc) is 3.06. The Hall–Kier alpha value is -3.63. The standard InChI is InChI=1S/C34H42N2O7/c1-38-18-6-17-36-31-19-25(9-14-32(31)42-24-34(36)37)21-43-33-20-27(15-16-35-33)26-10-12-29(13-11-26)41-23-30(39-2)22-40-28-7-4-3-5-8-28/h3-5,7-14,19,27,30,33,35H,6,15-18,20-24H2,1-2H3/t27?,30-,33?/m1/s1. The molecule has 43 heavy (non-hydrogen) atoms. The van der Waals surface area contributed by atoms with Gasteiger partial charge in [-0.25, -0.2) is 0 Å². The summed E-state index contributed by atoms with van der Waals surface area (Å²) in [7, 11) is 3.34. The van der Waals surface area contributed by atoms with Gasteiger partial charge in [-0.2, -0.15) is 0 Å². The van der Waals surface area contributed by atoms with Gasteiger partial charge in [0.05, 0.1) is 12.3 Å². The predicted molar refractivity (Wildman–Crippen MR) is 164 cm³/mol. The second-order valence-electron chi connectivity index (χ2n) is 10.8. The molecule has 0 aromatic heterocycles. The highest BCUT2D eigenvalue weighted by atomic mass is 16.6. The third-order valence-electron chi connectivity index (χ3n) is 7.81. The van der Waals surface area contributed by atoms with Crippen LogP contribution < -0.4 is 24.4 Å². The Morgan fingerprint density at radius 1 is 0.977 bits per heavy atom. The number of fused-ring (bicyclic) bond motifs is 1. The fraction of sp³-hybridized carbons (Fsp3) is 0.441. The van der Waals surface area contributed by atoms with E-state index < -0.39 is 0 Å². The van der Waals surface area contributed by atoms with E-state index in [1.807, 2.05) is 60.7 Å². The SMILES string of the molecule is COCCCN1C(=O)COc2ccc(COC3CC(c4ccc(OC[C@@H](COc5ccccc5)OC)cc4)CCN3)cc21. The third-order valence-corrected chi connectivity index (χ3v) is 7.81. The quantitative estimate of drug-likeness (QED) is 0.250. The molecule has 3 atom stereocenters. The lowest BCUT2D eigenvalue weighted by Gasteiger charge is -2.31. The van der Waals surface area contributed by atoms with E-state index in [0.717, 1.165) is 54.3 Å². The highest BCUT2D eigenvalue weighted by Crippen LogP contribution is 2.34. The number of carbonyl (C=O) groups is 1. The van der Waals surface area contributed by atoms with E-state index in [0.29, 0.717) is 38.9 Å². The van der Waals surface area contributed by atoms with E-state index in [2.05, 4.69) is 17.4 Å². The Bertz CT molecular complexity index is 1290. The first-order valence-corrected chi connectivity index (χ1v) is 15.0. The Kier molecular flexibility index (Phi) is 11.3. The normalized spacial score (nSPS) is 18.9. The zero-order chi connectivity index (χ0) is 29.9. The summed E-state index contributed by atoms with van der Waals surface area (Å²) in [5.41, 5.74) is 3.07. The number of hydrogen-bond donors (Lipinski definition) is 1. The minimum atomic E-state index is -0.177. The summed E-state index contributed by atoms with van der Waals surface area (Å²) in [5.74, 6) is 2.69. The lowest BCUT2D eigenvalue weighted by molar-refractivity contribution is -0.121. The molecule has 9 heteroatoms. The molecule has 9 nitrogen and oxygen atoms in total. The van der Waals surface area contributed by atoms with Gasteiger partial charge in [-0.15, -0.1) is 0 Å². The van der Waals surface area contributed by atoms with Crippen LogP contribution in [-0.2, 0) is 25.6 Å². The van der Waals surface area contributed by atoms with Crippen LogP contribution in [0.15, 0.2) is 72.8 Å². The average molecular weight is 591 g/mol. The topological polar surface area (TPSA) is 87.7 Å². The molecule has 2 heterocycles. The molecule has 5 rings (SSSR count). The molecule has 3 aromatic rings. The van der Waals surface area contributed by atoms with Crippen molar-refractivity contribution in [2.24, 2.45) is 0 Å². The first-order valence-electron chi connectivity index (χ1n) is 15.0. The van der Waals surface area contributed by atoms with Crippen LogP contribution in [0.5, 0.6) is 17.2 Å². The molecule has 2 aliphatic heterocycles. The van der Waals surface area contributed by atoms with Crippen LogP contribution in [0.25, 0.3) is 0 Å². The van der Waals surface area contributed by atoms with Crippen LogP contribution in [0, 0.1) is 0 Å². The van der Waals surface area contributed by atoms with Crippen molar-refractivity contribution in [1.82, 2.24) is 5.32 Å². The molecule has 0 saturated carbocycles. The monoisotopic (exact) mass is 590 g/mol. The van der Waals surface area contributed by atoms with Crippen molar-refractivity contribution in [2.45, 2.75) is 44.1 Å². The fourth-order valence-electron chi connectivity index (χ4n) is 5.37. The largest absolute Gasteiger partial charge is 0.491 e. The molecule has 3 aromatic carbocycles. The zero-order valence-corrected chi connectivity index (χ0v) is 25.0. The molecule has 1 fully saturated rings. The molecule has 230 valence electrons. The van der Waals surface area contributed by atoms with Gasteiger partial charge in [0.15, 0.2) is 6.61 Å². The van der Waals surface area contributed by atoms with Gasteiger partial charge in [0, 0.05) is 27.4 Å². The van der Waals surface area contributed by atoms with Crippen LogP contribution in [0.3, 0.4) is 0 Å². The van der Waals surface area contributed by atoms with Crippen LogP contribution in [0.1, 0.15) is 36.3 Å². The van der Waals surface area contributed by atoms with E-state index >= 15 is 0 Å². The molecule has 2 aliphatic rings. The van der Waals surface area contributed by atoms with Gasteiger partial charge >= 0.3 is 0 Å². The van der Waals surface area contributed by atoms with Gasteiger partial charge in [0.25, 0.3) is 5.91 Å². The predicted octanol–water partition coefficient (Wildman–Crippen LogP) is 4.93. The summed E-state index contributed by atoms with van der Waals surface area (Å²) in [6, 6.07) is 24.0. The van der Waals surface area contributed by atoms with E-state index in [-0.39, 0.29) is 24.8 Å². The number of benzene rings is 3. The zero-order valence-electron chi connectivity index (χ0n) is 25.0. The second-order valence-corrected chi connectivity index (χ2v) is 10.8. The molecule has 2 unspecified atom stereocenters. The molecular formula is C34H42N2O7. The minimum Gasteiger partial charge on any atom is -0.491 e. The fourth-order valence-corrected chi connectivity index (χ4v) is 5.37. The number of methoxy groups -OCH3 is 2. The molecular weight excluding hydrogens is 548 g/mol. The lowest BCUT2D eigenvalue weighted by atomic mass is 9.89. The molecule has 1 saturated heterocycles. The maximum atomic E-state index is 12.5. The Labute approximate surface area is 254 Å². The van der Waals surface area contributed by atoms with Gasteiger partial charge in [-0.05, 0) is 79.3 Å². The van der Waals surface area contributed by atoms with E-state index in [4.69, 9.17) is 28.4 Å². The number of amides is 1. The number of nitrogens with zero attached hydrogens (tertiary/aromatic N) is 1. The molecule has 1 amide bonds. The van der Waals surface area contributed by atoms with Gasteiger partial charge in [-0.1, -0.05) is 36.4 Å². The first kappa shape index (κ1) is 30.8. The van der Waals surface area contributed by atoms with Crippen molar-refractivity contribution < 1.29 is 33.2 Å². The van der Waals surface area contributed by atoms with Crippen molar-refractivity contribution in [1.29, 1.82) is 0 Å². The number of hydrogen-bond acceptors (Lipinski definition) is 8. The van der Waals surface area contributed by atoms with Crippen LogP contribution >= 0.6 is 0 Å². The third kappa shape index (κ3) is 8.70. The summed E-state index contributed by atoms with van der Waals surface area (Å²) >= 11 is 0. The van der Waals surface area contributed by atoms with Crippen molar-refractivity contribution >= 4 is 11.6 Å². The number of piperidine rings is 1. The van der Waals surface area contributed by atoms with Crippen LogP contribution in [0.2, 0.25) is 0 Å². The van der Waals surface area contributed by atoms with Gasteiger partial charge < -0.3 is 33.3 Å². The van der Waals surface area contributed by atoms with Crippen LogP contribution in [0.4, 0.5) is 5.69 Å². The molecule has 0 bridgehead atoms. The van der Waals surface area contributed by atoms with Gasteiger partial charge in [0.2, 0.25) is 0 Å². The van der Waals surface area contributed by atoms with Gasteiger partial charge in [0.1, 0.15) is 42.8 Å².